The normalized spacial score (nSPS) is 20.1. The zero-order valence-corrected chi connectivity index (χ0v) is 14.1. The number of carbonyl (C=O) groups excluding carboxylic acids is 1. The van der Waals surface area contributed by atoms with Crippen molar-refractivity contribution in [3.05, 3.63) is 34.1 Å². The molecule has 1 heterocycles. The lowest BCUT2D eigenvalue weighted by atomic mass is 10.2. The average Bonchev–Trinajstić information content (AvgIpc) is 3.28. The van der Waals surface area contributed by atoms with Crippen LogP contribution < -0.4 is 5.32 Å². The molecule has 0 spiro atoms. The van der Waals surface area contributed by atoms with Gasteiger partial charge in [-0.1, -0.05) is 22.0 Å². The zero-order chi connectivity index (χ0) is 15.5. The van der Waals surface area contributed by atoms with Crippen LogP contribution in [-0.4, -0.2) is 54.5 Å². The van der Waals surface area contributed by atoms with E-state index in [1.165, 1.54) is 12.1 Å². The van der Waals surface area contributed by atoms with Crippen molar-refractivity contribution in [1.82, 2.24) is 15.1 Å². The van der Waals surface area contributed by atoms with Gasteiger partial charge in [-0.3, -0.25) is 14.6 Å². The molecule has 2 fully saturated rings. The Morgan fingerprint density at radius 1 is 1.23 bits per heavy atom. The van der Waals surface area contributed by atoms with E-state index in [1.54, 1.807) is 0 Å². The predicted octanol–water partition coefficient (Wildman–Crippen LogP) is 1.98. The number of rotatable bonds is 5. The molecule has 6 heteroatoms. The third kappa shape index (κ3) is 4.51. The summed E-state index contributed by atoms with van der Waals surface area (Å²) < 4.78 is 13.9. The Morgan fingerprint density at radius 3 is 2.55 bits per heavy atom. The minimum atomic E-state index is -0.220. The quantitative estimate of drug-likeness (QED) is 0.861. The largest absolute Gasteiger partial charge is 0.352 e. The van der Waals surface area contributed by atoms with Gasteiger partial charge in [0.25, 0.3) is 0 Å². The fraction of sp³-hybridized carbons (Fsp3) is 0.562. The molecule has 1 saturated carbocycles. The number of halogens is 2. The Kier molecular flexibility index (Phi) is 5.10. The highest BCUT2D eigenvalue weighted by Gasteiger charge is 2.25. The predicted molar refractivity (Wildman–Crippen MR) is 87.0 cm³/mol. The second-order valence-electron chi connectivity index (χ2n) is 6.13. The van der Waals surface area contributed by atoms with Crippen molar-refractivity contribution in [1.29, 1.82) is 0 Å². The van der Waals surface area contributed by atoms with Crippen LogP contribution in [0.2, 0.25) is 0 Å². The lowest BCUT2D eigenvalue weighted by molar-refractivity contribution is -0.122. The van der Waals surface area contributed by atoms with Crippen LogP contribution in [0.5, 0.6) is 0 Å². The summed E-state index contributed by atoms with van der Waals surface area (Å²) in [5.41, 5.74) is 1.10. The van der Waals surface area contributed by atoms with Gasteiger partial charge < -0.3 is 5.32 Å². The number of hydrogen-bond donors (Lipinski definition) is 1. The van der Waals surface area contributed by atoms with Crippen LogP contribution in [0.4, 0.5) is 4.39 Å². The molecule has 1 aliphatic heterocycles. The summed E-state index contributed by atoms with van der Waals surface area (Å²) >= 11 is 3.42. The highest BCUT2D eigenvalue weighted by molar-refractivity contribution is 9.10. The first-order valence-corrected chi connectivity index (χ1v) is 8.57. The third-order valence-corrected chi connectivity index (χ3v) is 4.92. The zero-order valence-electron chi connectivity index (χ0n) is 12.5. The Labute approximate surface area is 138 Å². The van der Waals surface area contributed by atoms with Gasteiger partial charge in [-0.25, -0.2) is 4.39 Å². The van der Waals surface area contributed by atoms with Crippen LogP contribution in [0.15, 0.2) is 22.7 Å². The van der Waals surface area contributed by atoms with Gasteiger partial charge in [0.1, 0.15) is 5.82 Å². The van der Waals surface area contributed by atoms with Gasteiger partial charge in [-0.2, -0.15) is 0 Å². The molecular weight excluding hydrogens is 349 g/mol. The van der Waals surface area contributed by atoms with Crippen LogP contribution in [0.25, 0.3) is 0 Å². The number of benzene rings is 1. The fourth-order valence-electron chi connectivity index (χ4n) is 2.70. The summed E-state index contributed by atoms with van der Waals surface area (Å²) in [5.74, 6) is -0.0700. The number of carbonyl (C=O) groups is 1. The van der Waals surface area contributed by atoms with Crippen molar-refractivity contribution in [2.75, 3.05) is 32.7 Å². The van der Waals surface area contributed by atoms with E-state index < -0.39 is 0 Å². The maximum atomic E-state index is 13.1. The lowest BCUT2D eigenvalue weighted by Crippen LogP contribution is -2.49. The molecule has 1 saturated heterocycles. The summed E-state index contributed by atoms with van der Waals surface area (Å²) in [5, 5.41) is 3.03. The van der Waals surface area contributed by atoms with E-state index in [1.807, 2.05) is 6.07 Å². The Balaban J connectivity index is 1.43. The topological polar surface area (TPSA) is 35.6 Å². The smallest absolute Gasteiger partial charge is 0.234 e. The van der Waals surface area contributed by atoms with Crippen LogP contribution in [0, 0.1) is 5.82 Å². The summed E-state index contributed by atoms with van der Waals surface area (Å²) in [7, 11) is 0. The van der Waals surface area contributed by atoms with Crippen molar-refractivity contribution in [2.45, 2.75) is 25.4 Å². The van der Waals surface area contributed by atoms with Gasteiger partial charge in [0.05, 0.1) is 6.54 Å². The molecule has 1 aliphatic carbocycles. The molecule has 1 aromatic rings. The molecule has 0 bridgehead atoms. The van der Waals surface area contributed by atoms with Crippen LogP contribution in [0.1, 0.15) is 18.4 Å². The van der Waals surface area contributed by atoms with Crippen molar-refractivity contribution < 1.29 is 9.18 Å². The molecule has 0 unspecified atom stereocenters. The van der Waals surface area contributed by atoms with Crippen molar-refractivity contribution >= 4 is 21.8 Å². The van der Waals surface area contributed by atoms with Crippen LogP contribution in [-0.2, 0) is 11.3 Å². The number of hydrogen-bond acceptors (Lipinski definition) is 3. The lowest BCUT2D eigenvalue weighted by Gasteiger charge is -2.34. The number of nitrogens with zero attached hydrogens (tertiary/aromatic N) is 2. The Morgan fingerprint density at radius 2 is 1.91 bits per heavy atom. The minimum absolute atomic E-state index is 0.150. The van der Waals surface area contributed by atoms with Crippen molar-refractivity contribution in [3.63, 3.8) is 0 Å². The highest BCUT2D eigenvalue weighted by Crippen LogP contribution is 2.20. The second kappa shape index (κ2) is 7.06. The van der Waals surface area contributed by atoms with E-state index in [2.05, 4.69) is 31.0 Å². The highest BCUT2D eigenvalue weighted by atomic mass is 79.9. The van der Waals surface area contributed by atoms with Crippen LogP contribution >= 0.6 is 15.9 Å². The van der Waals surface area contributed by atoms with Gasteiger partial charge in [0.15, 0.2) is 0 Å². The third-order valence-electron chi connectivity index (χ3n) is 4.18. The van der Waals surface area contributed by atoms with E-state index in [0.29, 0.717) is 12.6 Å². The molecule has 2 aliphatic rings. The first kappa shape index (κ1) is 15.9. The molecule has 0 aromatic heterocycles. The molecule has 4 nitrogen and oxygen atoms in total. The SMILES string of the molecule is O=C(CN1CCN(Cc2ccc(F)cc2Br)CC1)NC1CC1. The monoisotopic (exact) mass is 369 g/mol. The summed E-state index contributed by atoms with van der Waals surface area (Å²) in [6.07, 6.45) is 2.26. The molecule has 120 valence electrons. The summed E-state index contributed by atoms with van der Waals surface area (Å²) in [4.78, 5) is 16.3. The molecule has 1 amide bonds. The van der Waals surface area contributed by atoms with Gasteiger partial charge in [-0.15, -0.1) is 0 Å². The van der Waals surface area contributed by atoms with Gasteiger partial charge in [0.2, 0.25) is 5.91 Å². The molecular formula is C16H21BrFN3O. The minimum Gasteiger partial charge on any atom is -0.352 e. The first-order valence-electron chi connectivity index (χ1n) is 7.78. The summed E-state index contributed by atoms with van der Waals surface area (Å²) in [6.45, 7) is 4.97. The van der Waals surface area contributed by atoms with Crippen LogP contribution in [0.3, 0.4) is 0 Å². The molecule has 0 atom stereocenters. The van der Waals surface area contributed by atoms with E-state index >= 15 is 0 Å². The first-order chi connectivity index (χ1) is 10.6. The molecule has 1 aromatic carbocycles. The maximum absolute atomic E-state index is 13.1. The molecule has 0 radical (unpaired) electrons. The van der Waals surface area contributed by atoms with E-state index in [9.17, 15) is 9.18 Å². The van der Waals surface area contributed by atoms with Gasteiger partial charge in [-0.05, 0) is 30.5 Å². The van der Waals surface area contributed by atoms with Gasteiger partial charge in [0, 0.05) is 43.2 Å². The van der Waals surface area contributed by atoms with Gasteiger partial charge >= 0.3 is 0 Å². The van der Waals surface area contributed by atoms with E-state index in [-0.39, 0.29) is 11.7 Å². The standard InChI is InChI=1S/C16H21BrFN3O/c17-15-9-13(18)2-1-12(15)10-20-5-7-21(8-6-20)11-16(22)19-14-3-4-14/h1-2,9,14H,3-8,10-11H2,(H,19,22). The van der Waals surface area contributed by atoms with E-state index in [4.69, 9.17) is 0 Å². The number of amides is 1. The number of piperazine rings is 1. The molecule has 1 N–H and O–H groups in total. The number of nitrogens with one attached hydrogen (secondary N) is 1. The molecule has 22 heavy (non-hydrogen) atoms. The Hall–Kier alpha value is -0.980. The molecule has 3 rings (SSSR count). The van der Waals surface area contributed by atoms with Crippen molar-refractivity contribution in [3.8, 4) is 0 Å². The van der Waals surface area contributed by atoms with Crippen molar-refractivity contribution in [2.24, 2.45) is 0 Å². The summed E-state index contributed by atoms with van der Waals surface area (Å²) in [6, 6.07) is 5.27. The second-order valence-corrected chi connectivity index (χ2v) is 6.98. The average molecular weight is 370 g/mol. The fourth-order valence-corrected chi connectivity index (χ4v) is 3.18. The Bertz CT molecular complexity index is 542. The maximum Gasteiger partial charge on any atom is 0.234 e. The van der Waals surface area contributed by atoms with E-state index in [0.717, 1.165) is 55.6 Å².